The largest absolute Gasteiger partial charge is 0.334 e. The Morgan fingerprint density at radius 3 is 2.25 bits per heavy atom. The van der Waals surface area contributed by atoms with Gasteiger partial charge in [0.1, 0.15) is 0 Å². The van der Waals surface area contributed by atoms with Crippen molar-refractivity contribution in [2.75, 3.05) is 11.0 Å². The monoisotopic (exact) mass is 343 g/mol. The van der Waals surface area contributed by atoms with Crippen molar-refractivity contribution >= 4 is 15.7 Å². The molecule has 0 fully saturated rings. The van der Waals surface area contributed by atoms with Crippen LogP contribution >= 0.6 is 0 Å². The van der Waals surface area contributed by atoms with Gasteiger partial charge in [0.2, 0.25) is 15.8 Å². The van der Waals surface area contributed by atoms with E-state index in [0.29, 0.717) is 17.4 Å². The lowest BCUT2D eigenvalue weighted by Crippen LogP contribution is -2.09. The van der Waals surface area contributed by atoms with Crippen molar-refractivity contribution in [3.8, 4) is 22.8 Å². The van der Waals surface area contributed by atoms with Crippen molar-refractivity contribution in [1.29, 1.82) is 0 Å². The van der Waals surface area contributed by atoms with E-state index in [9.17, 15) is 8.42 Å². The fourth-order valence-corrected chi connectivity index (χ4v) is 2.80. The molecule has 24 heavy (non-hydrogen) atoms. The third-order valence-corrected chi connectivity index (χ3v) is 4.23. The van der Waals surface area contributed by atoms with Crippen LogP contribution in [0.5, 0.6) is 0 Å². The van der Waals surface area contributed by atoms with E-state index in [2.05, 4.69) is 14.9 Å². The maximum atomic E-state index is 11.2. The van der Waals surface area contributed by atoms with Gasteiger partial charge in [-0.2, -0.15) is 4.98 Å². The molecular weight excluding hydrogens is 326 g/mol. The normalized spacial score (nSPS) is 11.5. The number of aromatic nitrogens is 2. The average molecular weight is 343 g/mol. The topological polar surface area (TPSA) is 85.1 Å². The summed E-state index contributed by atoms with van der Waals surface area (Å²) in [6, 6.07) is 12.8. The number of sulfonamides is 1. The van der Waals surface area contributed by atoms with E-state index in [1.165, 1.54) is 5.56 Å². The number of rotatable bonds is 4. The summed E-state index contributed by atoms with van der Waals surface area (Å²) in [5.41, 5.74) is 4.45. The molecule has 1 N–H and O–H groups in total. The first-order chi connectivity index (χ1) is 11.3. The van der Waals surface area contributed by atoms with Gasteiger partial charge in [-0.3, -0.25) is 4.72 Å². The van der Waals surface area contributed by atoms with Gasteiger partial charge < -0.3 is 4.52 Å². The molecule has 3 aromatic rings. The van der Waals surface area contributed by atoms with Gasteiger partial charge in [-0.1, -0.05) is 11.2 Å². The van der Waals surface area contributed by atoms with E-state index in [0.717, 1.165) is 22.9 Å². The van der Waals surface area contributed by atoms with Crippen LogP contribution in [0.2, 0.25) is 0 Å². The molecule has 0 aliphatic carbocycles. The van der Waals surface area contributed by atoms with Crippen LogP contribution in [0.4, 0.5) is 5.69 Å². The summed E-state index contributed by atoms with van der Waals surface area (Å²) in [4.78, 5) is 4.41. The number of nitrogens with zero attached hydrogens (tertiary/aromatic N) is 2. The van der Waals surface area contributed by atoms with Crippen LogP contribution in [-0.2, 0) is 10.0 Å². The molecule has 0 bridgehead atoms. The lowest BCUT2D eigenvalue weighted by Gasteiger charge is -2.03. The average Bonchev–Trinajstić information content (AvgIpc) is 2.99. The van der Waals surface area contributed by atoms with Crippen LogP contribution < -0.4 is 4.72 Å². The Bertz CT molecular complexity index is 977. The first kappa shape index (κ1) is 16.2. The lowest BCUT2D eigenvalue weighted by molar-refractivity contribution is 0.432. The predicted molar refractivity (Wildman–Crippen MR) is 93.1 cm³/mol. The summed E-state index contributed by atoms with van der Waals surface area (Å²) in [6.07, 6.45) is 1.11. The molecule has 3 rings (SSSR count). The Balaban J connectivity index is 1.86. The zero-order valence-corrected chi connectivity index (χ0v) is 14.4. The molecule has 6 nitrogen and oxygen atoms in total. The van der Waals surface area contributed by atoms with Gasteiger partial charge in [-0.15, -0.1) is 0 Å². The van der Waals surface area contributed by atoms with Crippen molar-refractivity contribution in [2.24, 2.45) is 0 Å². The number of anilines is 1. The molecule has 0 radical (unpaired) electrons. The third kappa shape index (κ3) is 3.62. The van der Waals surface area contributed by atoms with Crippen LogP contribution in [-0.4, -0.2) is 24.8 Å². The molecule has 1 heterocycles. The number of hydrogen-bond donors (Lipinski definition) is 1. The third-order valence-electron chi connectivity index (χ3n) is 3.63. The maximum Gasteiger partial charge on any atom is 0.258 e. The molecule has 0 saturated carbocycles. The quantitative estimate of drug-likeness (QED) is 0.785. The van der Waals surface area contributed by atoms with Crippen LogP contribution in [0.15, 0.2) is 47.0 Å². The highest BCUT2D eigenvalue weighted by Crippen LogP contribution is 2.25. The Hall–Kier alpha value is -2.67. The predicted octanol–water partition coefficient (Wildman–Crippen LogP) is 3.39. The Kier molecular flexibility index (Phi) is 4.11. The molecule has 0 spiro atoms. The second-order valence-corrected chi connectivity index (χ2v) is 7.42. The first-order valence-electron chi connectivity index (χ1n) is 7.31. The van der Waals surface area contributed by atoms with Gasteiger partial charge in [-0.25, -0.2) is 8.42 Å². The van der Waals surface area contributed by atoms with E-state index in [1.54, 1.807) is 24.3 Å². The van der Waals surface area contributed by atoms with Crippen molar-refractivity contribution in [3.63, 3.8) is 0 Å². The molecule has 0 atom stereocenters. The molecule has 2 aromatic carbocycles. The van der Waals surface area contributed by atoms with E-state index in [-0.39, 0.29) is 0 Å². The second kappa shape index (κ2) is 6.09. The smallest absolute Gasteiger partial charge is 0.258 e. The van der Waals surface area contributed by atoms with Crippen LogP contribution in [0.1, 0.15) is 11.1 Å². The van der Waals surface area contributed by atoms with E-state index >= 15 is 0 Å². The van der Waals surface area contributed by atoms with Gasteiger partial charge in [0, 0.05) is 16.8 Å². The molecule has 0 aliphatic heterocycles. The molecule has 124 valence electrons. The minimum Gasteiger partial charge on any atom is -0.334 e. The van der Waals surface area contributed by atoms with Crippen LogP contribution in [0, 0.1) is 13.8 Å². The van der Waals surface area contributed by atoms with Crippen LogP contribution in [0.25, 0.3) is 22.8 Å². The zero-order valence-electron chi connectivity index (χ0n) is 13.6. The minimum absolute atomic E-state index is 0.450. The summed E-state index contributed by atoms with van der Waals surface area (Å²) in [5, 5.41) is 3.99. The van der Waals surface area contributed by atoms with Gasteiger partial charge >= 0.3 is 0 Å². The van der Waals surface area contributed by atoms with Crippen molar-refractivity contribution in [2.45, 2.75) is 13.8 Å². The standard InChI is InChI=1S/C17H17N3O3S/c1-11-4-5-14(10-12(11)2)17-18-16(19-23-17)13-6-8-15(9-7-13)20-24(3,21)22/h4-10,20H,1-3H3. The first-order valence-corrected chi connectivity index (χ1v) is 9.20. The van der Waals surface area contributed by atoms with Crippen molar-refractivity contribution < 1.29 is 12.9 Å². The molecule has 0 saturated heterocycles. The molecular formula is C17H17N3O3S. The summed E-state index contributed by atoms with van der Waals surface area (Å²) in [6.45, 7) is 4.08. The molecule has 0 unspecified atom stereocenters. The van der Waals surface area contributed by atoms with E-state index < -0.39 is 10.0 Å². The number of hydrogen-bond acceptors (Lipinski definition) is 5. The highest BCUT2D eigenvalue weighted by Gasteiger charge is 2.11. The Labute approximate surface area is 140 Å². The number of aryl methyl sites for hydroxylation is 2. The zero-order chi connectivity index (χ0) is 17.3. The Morgan fingerprint density at radius 1 is 0.958 bits per heavy atom. The second-order valence-electron chi connectivity index (χ2n) is 5.67. The van der Waals surface area contributed by atoms with Gasteiger partial charge in [0.05, 0.1) is 6.26 Å². The highest BCUT2D eigenvalue weighted by molar-refractivity contribution is 7.92. The van der Waals surface area contributed by atoms with Gasteiger partial charge in [0.25, 0.3) is 5.89 Å². The van der Waals surface area contributed by atoms with Crippen molar-refractivity contribution in [1.82, 2.24) is 10.1 Å². The summed E-state index contributed by atoms with van der Waals surface area (Å²) in [7, 11) is -3.29. The number of nitrogens with one attached hydrogen (secondary N) is 1. The lowest BCUT2D eigenvalue weighted by atomic mass is 10.1. The molecule has 7 heteroatoms. The van der Waals surface area contributed by atoms with Crippen LogP contribution in [0.3, 0.4) is 0 Å². The summed E-state index contributed by atoms with van der Waals surface area (Å²) < 4.78 is 30.2. The molecule has 1 aromatic heterocycles. The summed E-state index contributed by atoms with van der Waals surface area (Å²) in [5.74, 6) is 0.903. The maximum absolute atomic E-state index is 11.2. The van der Waals surface area contributed by atoms with Crippen molar-refractivity contribution in [3.05, 3.63) is 53.6 Å². The summed E-state index contributed by atoms with van der Waals surface area (Å²) >= 11 is 0. The Morgan fingerprint density at radius 2 is 1.62 bits per heavy atom. The minimum atomic E-state index is -3.29. The highest BCUT2D eigenvalue weighted by atomic mass is 32.2. The van der Waals surface area contributed by atoms with Gasteiger partial charge in [-0.05, 0) is 61.4 Å². The SMILES string of the molecule is Cc1ccc(-c2nc(-c3ccc(NS(C)(=O)=O)cc3)no2)cc1C. The molecule has 0 amide bonds. The number of benzene rings is 2. The van der Waals surface area contributed by atoms with Gasteiger partial charge in [0.15, 0.2) is 0 Å². The fourth-order valence-electron chi connectivity index (χ4n) is 2.23. The van der Waals surface area contributed by atoms with E-state index in [1.807, 2.05) is 32.0 Å². The fraction of sp³-hybridized carbons (Fsp3) is 0.176. The van der Waals surface area contributed by atoms with E-state index in [4.69, 9.17) is 4.52 Å². The molecule has 0 aliphatic rings.